The van der Waals surface area contributed by atoms with Crippen LogP contribution in [0.2, 0.25) is 0 Å². The summed E-state index contributed by atoms with van der Waals surface area (Å²) in [5.74, 6) is -0.607. The van der Waals surface area contributed by atoms with Crippen LogP contribution in [-0.4, -0.2) is 72.2 Å². The first kappa shape index (κ1) is 22.9. The third kappa shape index (κ3) is 4.77. The number of amides is 2. The summed E-state index contributed by atoms with van der Waals surface area (Å²) < 4.78 is 19.2. The fourth-order valence-corrected chi connectivity index (χ4v) is 4.21. The minimum atomic E-state index is -0.438. The first-order chi connectivity index (χ1) is 15.9. The number of hydrogen-bond acceptors (Lipinski definition) is 6. The van der Waals surface area contributed by atoms with Crippen molar-refractivity contribution in [1.29, 1.82) is 0 Å². The molecule has 0 spiro atoms. The van der Waals surface area contributed by atoms with Gasteiger partial charge in [0.15, 0.2) is 0 Å². The fourth-order valence-electron chi connectivity index (χ4n) is 4.21. The van der Waals surface area contributed by atoms with Gasteiger partial charge in [-0.05, 0) is 55.8 Å². The second-order valence-corrected chi connectivity index (χ2v) is 8.39. The smallest absolute Gasteiger partial charge is 0.282 e. The van der Waals surface area contributed by atoms with E-state index >= 15 is 0 Å². The third-order valence-electron chi connectivity index (χ3n) is 5.76. The van der Waals surface area contributed by atoms with E-state index in [2.05, 4.69) is 4.90 Å². The lowest BCUT2D eigenvalue weighted by Crippen LogP contribution is -2.48. The van der Waals surface area contributed by atoms with Gasteiger partial charge < -0.3 is 14.7 Å². The Bertz CT molecular complexity index is 1040. The van der Waals surface area contributed by atoms with Crippen molar-refractivity contribution in [2.75, 3.05) is 44.2 Å². The zero-order valence-corrected chi connectivity index (χ0v) is 18.8. The third-order valence-corrected chi connectivity index (χ3v) is 5.76. The van der Waals surface area contributed by atoms with Gasteiger partial charge in [0, 0.05) is 32.7 Å². The quantitative estimate of drug-likeness (QED) is 0.650. The van der Waals surface area contributed by atoms with Gasteiger partial charge in [0.25, 0.3) is 11.8 Å². The molecule has 0 saturated carbocycles. The molecule has 174 valence electrons. The second-order valence-electron chi connectivity index (χ2n) is 8.39. The molecule has 8 heteroatoms. The van der Waals surface area contributed by atoms with Crippen molar-refractivity contribution < 1.29 is 23.8 Å². The van der Waals surface area contributed by atoms with Gasteiger partial charge in [-0.25, -0.2) is 9.29 Å². The second kappa shape index (κ2) is 9.72. The van der Waals surface area contributed by atoms with Crippen LogP contribution in [0.3, 0.4) is 0 Å². The van der Waals surface area contributed by atoms with Gasteiger partial charge in [0.05, 0.1) is 24.0 Å². The largest absolute Gasteiger partial charge is 0.491 e. The number of imide groups is 1. The highest BCUT2D eigenvalue weighted by atomic mass is 19.1. The number of carbonyl (C=O) groups excluding carboxylic acids is 2. The lowest BCUT2D eigenvalue weighted by atomic mass is 10.0. The summed E-state index contributed by atoms with van der Waals surface area (Å²) in [6, 6.07) is 12.5. The lowest BCUT2D eigenvalue weighted by molar-refractivity contribution is -0.120. The van der Waals surface area contributed by atoms with E-state index in [0.29, 0.717) is 61.0 Å². The van der Waals surface area contributed by atoms with E-state index in [0.717, 1.165) is 4.90 Å². The maximum Gasteiger partial charge on any atom is 0.282 e. The minimum Gasteiger partial charge on any atom is -0.491 e. The molecule has 0 radical (unpaired) electrons. The van der Waals surface area contributed by atoms with Crippen LogP contribution < -0.4 is 9.64 Å². The number of β-amino-alcohol motifs (C(OH)–C–C–N with tert-alkyl or cyclic N) is 1. The van der Waals surface area contributed by atoms with Crippen molar-refractivity contribution in [1.82, 2.24) is 9.80 Å². The van der Waals surface area contributed by atoms with Crippen LogP contribution in [0.4, 0.5) is 10.1 Å². The van der Waals surface area contributed by atoms with Crippen LogP contribution in [0.5, 0.6) is 5.75 Å². The Morgan fingerprint density at radius 3 is 2.15 bits per heavy atom. The Labute approximate surface area is 192 Å². The summed E-state index contributed by atoms with van der Waals surface area (Å²) in [7, 11) is 0. The van der Waals surface area contributed by atoms with Crippen LogP contribution in [-0.2, 0) is 9.59 Å². The van der Waals surface area contributed by atoms with Crippen molar-refractivity contribution >= 4 is 23.1 Å². The summed E-state index contributed by atoms with van der Waals surface area (Å²) in [5, 5.41) is 9.21. The Morgan fingerprint density at radius 1 is 0.939 bits per heavy atom. The summed E-state index contributed by atoms with van der Waals surface area (Å²) in [6.45, 7) is 7.00. The average Bonchev–Trinajstić information content (AvgIpc) is 3.05. The summed E-state index contributed by atoms with van der Waals surface area (Å²) >= 11 is 0. The van der Waals surface area contributed by atoms with Gasteiger partial charge in [-0.2, -0.15) is 0 Å². The van der Waals surface area contributed by atoms with Crippen LogP contribution >= 0.6 is 0 Å². The number of aliphatic hydroxyl groups is 1. The molecular weight excluding hydrogens is 425 g/mol. The summed E-state index contributed by atoms with van der Waals surface area (Å²) in [5.41, 5.74) is 1.64. The van der Waals surface area contributed by atoms with Crippen LogP contribution in [0, 0.1) is 5.82 Å². The first-order valence-electron chi connectivity index (χ1n) is 11.1. The zero-order valence-electron chi connectivity index (χ0n) is 18.8. The predicted octanol–water partition coefficient (Wildman–Crippen LogP) is 2.51. The van der Waals surface area contributed by atoms with Gasteiger partial charge in [0.1, 0.15) is 17.3 Å². The fraction of sp³-hybridized carbons (Fsp3) is 0.360. The van der Waals surface area contributed by atoms with Crippen molar-refractivity contribution in [3.05, 3.63) is 65.6 Å². The van der Waals surface area contributed by atoms with Crippen LogP contribution in [0.1, 0.15) is 19.4 Å². The van der Waals surface area contributed by atoms with Gasteiger partial charge in [-0.1, -0.05) is 12.1 Å². The Morgan fingerprint density at radius 2 is 1.58 bits per heavy atom. The number of nitrogens with zero attached hydrogens (tertiary/aromatic N) is 3. The standard InChI is InChI=1S/C25H28FN3O4/c1-17(2)33-21-9-3-18(4-10-21)22-23(28-13-11-27(12-14-28)15-16-30)25(32)29(24(22)31)20-7-5-19(26)6-8-20/h3-10,17,30H,11-16H2,1-2H3. The molecule has 0 aliphatic carbocycles. The SMILES string of the molecule is CC(C)Oc1ccc(C2=C(N3CCN(CCO)CC3)C(=O)N(c3ccc(F)cc3)C2=O)cc1. The van der Waals surface area contributed by atoms with E-state index in [4.69, 9.17) is 4.74 Å². The van der Waals surface area contributed by atoms with Crippen LogP contribution in [0.25, 0.3) is 5.57 Å². The molecule has 1 saturated heterocycles. The molecule has 2 aliphatic heterocycles. The van der Waals surface area contributed by atoms with E-state index in [1.807, 2.05) is 18.7 Å². The monoisotopic (exact) mass is 453 g/mol. The average molecular weight is 454 g/mol. The van der Waals surface area contributed by atoms with E-state index in [9.17, 15) is 19.1 Å². The van der Waals surface area contributed by atoms with E-state index < -0.39 is 17.6 Å². The maximum atomic E-state index is 13.5. The Hall–Kier alpha value is -3.23. The molecule has 2 aliphatic rings. The number of aliphatic hydroxyl groups excluding tert-OH is 1. The predicted molar refractivity (Wildman–Crippen MR) is 123 cm³/mol. The zero-order chi connectivity index (χ0) is 23.5. The molecule has 33 heavy (non-hydrogen) atoms. The van der Waals surface area contributed by atoms with Crippen molar-refractivity contribution in [2.45, 2.75) is 20.0 Å². The van der Waals surface area contributed by atoms with Crippen molar-refractivity contribution in [3.8, 4) is 5.75 Å². The van der Waals surface area contributed by atoms with Gasteiger partial charge >= 0.3 is 0 Å². The van der Waals surface area contributed by atoms with Crippen molar-refractivity contribution in [3.63, 3.8) is 0 Å². The number of carbonyl (C=O) groups is 2. The number of benzene rings is 2. The first-order valence-corrected chi connectivity index (χ1v) is 11.1. The maximum absolute atomic E-state index is 13.5. The molecule has 0 atom stereocenters. The Kier molecular flexibility index (Phi) is 6.76. The van der Waals surface area contributed by atoms with E-state index in [1.54, 1.807) is 24.3 Å². The molecule has 2 aromatic carbocycles. The number of ether oxygens (including phenoxy) is 1. The van der Waals surface area contributed by atoms with Gasteiger partial charge in [-0.3, -0.25) is 14.5 Å². The highest BCUT2D eigenvalue weighted by Gasteiger charge is 2.43. The molecule has 1 N–H and O–H groups in total. The molecular formula is C25H28FN3O4. The molecule has 2 amide bonds. The Balaban J connectivity index is 1.71. The molecule has 7 nitrogen and oxygen atoms in total. The lowest BCUT2D eigenvalue weighted by Gasteiger charge is -2.36. The summed E-state index contributed by atoms with van der Waals surface area (Å²) in [4.78, 5) is 32.2. The minimum absolute atomic E-state index is 0.0181. The number of anilines is 1. The highest BCUT2D eigenvalue weighted by molar-refractivity contribution is 6.45. The number of hydrogen-bond donors (Lipinski definition) is 1. The molecule has 4 rings (SSSR count). The highest BCUT2D eigenvalue weighted by Crippen LogP contribution is 2.35. The molecule has 0 unspecified atom stereocenters. The number of piperazine rings is 1. The van der Waals surface area contributed by atoms with Gasteiger partial charge in [0.2, 0.25) is 0 Å². The summed E-state index contributed by atoms with van der Waals surface area (Å²) in [6.07, 6.45) is 0.0181. The molecule has 2 heterocycles. The molecule has 0 aromatic heterocycles. The molecule has 0 bridgehead atoms. The molecule has 2 aromatic rings. The van der Waals surface area contributed by atoms with Gasteiger partial charge in [-0.15, -0.1) is 0 Å². The van der Waals surface area contributed by atoms with Crippen molar-refractivity contribution in [2.24, 2.45) is 0 Å². The van der Waals surface area contributed by atoms with E-state index in [-0.39, 0.29) is 12.7 Å². The number of halogens is 1. The molecule has 1 fully saturated rings. The van der Waals surface area contributed by atoms with E-state index in [1.165, 1.54) is 24.3 Å². The van der Waals surface area contributed by atoms with Crippen LogP contribution in [0.15, 0.2) is 54.2 Å². The topological polar surface area (TPSA) is 73.3 Å². The normalized spacial score (nSPS) is 17.5. The number of rotatable bonds is 7.